The van der Waals surface area contributed by atoms with Crippen LogP contribution in [0, 0.1) is 5.82 Å². The maximum Gasteiger partial charge on any atom is 0.407 e. The van der Waals surface area contributed by atoms with Crippen LogP contribution in [0.5, 0.6) is 0 Å². The third-order valence-corrected chi connectivity index (χ3v) is 2.70. The summed E-state index contributed by atoms with van der Waals surface area (Å²) in [6.45, 7) is 4.73. The molecule has 1 rings (SSSR count). The molecule has 7 heteroatoms. The normalized spacial score (nSPS) is 14.1. The van der Waals surface area contributed by atoms with Gasteiger partial charge in [0.25, 0.3) is 0 Å². The molecule has 1 aromatic carbocycles. The lowest BCUT2D eigenvalue weighted by atomic mass is 10.0. The van der Waals surface area contributed by atoms with Crippen LogP contribution in [0.15, 0.2) is 18.2 Å². The van der Waals surface area contributed by atoms with Crippen molar-refractivity contribution in [3.63, 3.8) is 0 Å². The van der Waals surface area contributed by atoms with E-state index in [2.05, 4.69) is 5.32 Å². The van der Waals surface area contributed by atoms with Crippen LogP contribution in [0.2, 0.25) is 0 Å². The van der Waals surface area contributed by atoms with Crippen LogP contribution in [0.1, 0.15) is 42.8 Å². The lowest BCUT2D eigenvalue weighted by molar-refractivity contribution is 0.0113. The molecule has 2 atom stereocenters. The molecule has 0 saturated carbocycles. The fraction of sp³-hybridized carbons (Fsp3) is 0.467. The highest BCUT2D eigenvalue weighted by atomic mass is 19.1. The number of aldehydes is 1. The van der Waals surface area contributed by atoms with Crippen LogP contribution >= 0.6 is 0 Å². The molecule has 0 aliphatic carbocycles. The molecule has 0 radical (unpaired) electrons. The van der Waals surface area contributed by atoms with Gasteiger partial charge in [-0.1, -0.05) is 12.1 Å². The number of ether oxygens (including phenoxy) is 1. The number of aliphatic hydroxyl groups is 2. The maximum absolute atomic E-state index is 13.7. The number of alkyl carbamates (subject to hydrolysis) is 1. The van der Waals surface area contributed by atoms with Gasteiger partial charge < -0.3 is 20.3 Å². The first-order valence-electron chi connectivity index (χ1n) is 6.71. The zero-order valence-corrected chi connectivity index (χ0v) is 12.7. The van der Waals surface area contributed by atoms with E-state index in [0.29, 0.717) is 6.29 Å². The fourth-order valence-electron chi connectivity index (χ4n) is 1.68. The van der Waals surface area contributed by atoms with Crippen molar-refractivity contribution in [1.29, 1.82) is 0 Å². The second kappa shape index (κ2) is 7.33. The van der Waals surface area contributed by atoms with E-state index in [1.807, 2.05) is 0 Å². The van der Waals surface area contributed by atoms with Crippen molar-refractivity contribution >= 4 is 12.4 Å². The summed E-state index contributed by atoms with van der Waals surface area (Å²) in [5, 5.41) is 22.0. The van der Waals surface area contributed by atoms with Gasteiger partial charge in [0.1, 0.15) is 29.9 Å². The highest BCUT2D eigenvalue weighted by Gasteiger charge is 2.23. The predicted molar refractivity (Wildman–Crippen MR) is 77.0 cm³/mol. The van der Waals surface area contributed by atoms with Crippen molar-refractivity contribution < 1.29 is 28.9 Å². The van der Waals surface area contributed by atoms with E-state index >= 15 is 0 Å². The standard InChI is InChI=1S/C15H20FNO5/c1-15(2,3)22-14(21)17-7-12(19)13(20)10-5-4-9(8-18)6-11(10)16/h4-6,8,12-13,19-20H,7H2,1-3H3,(H,17,21). The number of carbonyl (C=O) groups excluding carboxylic acids is 2. The first kappa shape index (κ1) is 18.1. The van der Waals surface area contributed by atoms with Gasteiger partial charge in [-0.3, -0.25) is 4.79 Å². The first-order chi connectivity index (χ1) is 10.1. The summed E-state index contributed by atoms with van der Waals surface area (Å²) in [7, 11) is 0. The number of halogens is 1. The Morgan fingerprint density at radius 1 is 1.41 bits per heavy atom. The molecule has 0 saturated heterocycles. The highest BCUT2D eigenvalue weighted by molar-refractivity contribution is 5.74. The minimum absolute atomic E-state index is 0.120. The zero-order chi connectivity index (χ0) is 16.9. The second-order valence-electron chi connectivity index (χ2n) is 5.79. The Morgan fingerprint density at radius 2 is 2.05 bits per heavy atom. The predicted octanol–water partition coefficient (Wildman–Crippen LogP) is 1.56. The molecule has 0 bridgehead atoms. The molecule has 0 aliphatic rings. The van der Waals surface area contributed by atoms with Crippen molar-refractivity contribution in [1.82, 2.24) is 5.32 Å². The van der Waals surface area contributed by atoms with Gasteiger partial charge >= 0.3 is 6.09 Å². The van der Waals surface area contributed by atoms with Crippen molar-refractivity contribution in [2.24, 2.45) is 0 Å². The molecule has 1 amide bonds. The highest BCUT2D eigenvalue weighted by Crippen LogP contribution is 2.21. The molecule has 3 N–H and O–H groups in total. The molecule has 0 aliphatic heterocycles. The topological polar surface area (TPSA) is 95.9 Å². The number of hydrogen-bond donors (Lipinski definition) is 3. The zero-order valence-electron chi connectivity index (χ0n) is 12.7. The number of benzene rings is 1. The molecule has 0 fully saturated rings. The monoisotopic (exact) mass is 313 g/mol. The fourth-order valence-corrected chi connectivity index (χ4v) is 1.68. The molecule has 0 heterocycles. The minimum atomic E-state index is -1.55. The van der Waals surface area contributed by atoms with Gasteiger partial charge in [0.2, 0.25) is 0 Å². The van der Waals surface area contributed by atoms with Gasteiger partial charge in [0.05, 0.1) is 0 Å². The molecule has 1 aromatic rings. The maximum atomic E-state index is 13.7. The summed E-state index contributed by atoms with van der Waals surface area (Å²) < 4.78 is 18.7. The summed E-state index contributed by atoms with van der Waals surface area (Å²) in [5.74, 6) is -0.812. The van der Waals surface area contributed by atoms with E-state index in [1.54, 1.807) is 20.8 Å². The van der Waals surface area contributed by atoms with Crippen molar-refractivity contribution in [3.05, 3.63) is 35.1 Å². The minimum Gasteiger partial charge on any atom is -0.444 e. The van der Waals surface area contributed by atoms with Crippen LogP contribution < -0.4 is 5.32 Å². The molecule has 22 heavy (non-hydrogen) atoms. The Balaban J connectivity index is 2.64. The van der Waals surface area contributed by atoms with E-state index in [-0.39, 0.29) is 17.7 Å². The van der Waals surface area contributed by atoms with Gasteiger partial charge in [-0.05, 0) is 26.8 Å². The van der Waals surface area contributed by atoms with Gasteiger partial charge in [-0.2, -0.15) is 0 Å². The van der Waals surface area contributed by atoms with Gasteiger partial charge in [-0.25, -0.2) is 9.18 Å². The van der Waals surface area contributed by atoms with E-state index < -0.39 is 29.7 Å². The van der Waals surface area contributed by atoms with Crippen LogP contribution in [0.3, 0.4) is 0 Å². The van der Waals surface area contributed by atoms with E-state index in [4.69, 9.17) is 4.74 Å². The van der Waals surface area contributed by atoms with Crippen LogP contribution in [-0.2, 0) is 4.74 Å². The Hall–Kier alpha value is -1.99. The first-order valence-corrected chi connectivity index (χ1v) is 6.71. The molecular weight excluding hydrogens is 293 g/mol. The third kappa shape index (κ3) is 5.42. The summed E-state index contributed by atoms with van der Waals surface area (Å²) in [5.41, 5.74) is -0.733. The molecule has 6 nitrogen and oxygen atoms in total. The number of rotatable bonds is 5. The van der Waals surface area contributed by atoms with Crippen molar-refractivity contribution in [3.8, 4) is 0 Å². The van der Waals surface area contributed by atoms with E-state index in [9.17, 15) is 24.2 Å². The number of carbonyl (C=O) groups is 2. The molecule has 0 spiro atoms. The van der Waals surface area contributed by atoms with Crippen LogP contribution in [0.4, 0.5) is 9.18 Å². The van der Waals surface area contributed by atoms with Crippen LogP contribution in [0.25, 0.3) is 0 Å². The lowest BCUT2D eigenvalue weighted by Crippen LogP contribution is -2.39. The number of nitrogens with one attached hydrogen (secondary N) is 1. The van der Waals surface area contributed by atoms with Gasteiger partial charge in [0, 0.05) is 17.7 Å². The number of amides is 1. The average Bonchev–Trinajstić information content (AvgIpc) is 2.42. The summed E-state index contributed by atoms with van der Waals surface area (Å²) >= 11 is 0. The molecule has 2 unspecified atom stereocenters. The average molecular weight is 313 g/mol. The van der Waals surface area contributed by atoms with E-state index in [0.717, 1.165) is 6.07 Å². The third-order valence-electron chi connectivity index (χ3n) is 2.70. The van der Waals surface area contributed by atoms with Crippen molar-refractivity contribution in [2.45, 2.75) is 38.6 Å². The van der Waals surface area contributed by atoms with Gasteiger partial charge in [-0.15, -0.1) is 0 Å². The molecular formula is C15H20FNO5. The van der Waals surface area contributed by atoms with Crippen molar-refractivity contribution in [2.75, 3.05) is 6.54 Å². The van der Waals surface area contributed by atoms with Gasteiger partial charge in [0.15, 0.2) is 0 Å². The summed E-state index contributed by atoms with van der Waals surface area (Å²) in [4.78, 5) is 22.0. The van der Waals surface area contributed by atoms with E-state index in [1.165, 1.54) is 12.1 Å². The summed E-state index contributed by atoms with van der Waals surface area (Å²) in [6.07, 6.45) is -3.25. The Morgan fingerprint density at radius 3 is 2.55 bits per heavy atom. The number of aliphatic hydroxyl groups excluding tert-OH is 2. The van der Waals surface area contributed by atoms with Crippen LogP contribution in [-0.4, -0.2) is 40.8 Å². The molecule has 122 valence electrons. The largest absolute Gasteiger partial charge is 0.444 e. The smallest absolute Gasteiger partial charge is 0.407 e. The Bertz CT molecular complexity index is 541. The second-order valence-corrected chi connectivity index (χ2v) is 5.79. The Kier molecular flexibility index (Phi) is 6.01. The number of hydrogen-bond acceptors (Lipinski definition) is 5. The lowest BCUT2D eigenvalue weighted by Gasteiger charge is -2.22. The summed E-state index contributed by atoms with van der Waals surface area (Å²) in [6, 6.07) is 3.49. The SMILES string of the molecule is CC(C)(C)OC(=O)NCC(O)C(O)c1ccc(C=O)cc1F. The molecule has 0 aromatic heterocycles. The quantitative estimate of drug-likeness (QED) is 0.717. The Labute approximate surface area is 127 Å².